The fraction of sp³-hybridized carbons (Fsp3) is 0.765. The van der Waals surface area contributed by atoms with E-state index in [1.54, 1.807) is 0 Å². The molecule has 124 valence electrons. The first-order chi connectivity index (χ1) is 10.1. The van der Waals surface area contributed by atoms with Gasteiger partial charge < -0.3 is 9.84 Å². The number of hydrogen-bond acceptors (Lipinski definition) is 3. The van der Waals surface area contributed by atoms with Crippen molar-refractivity contribution in [1.29, 1.82) is 0 Å². The van der Waals surface area contributed by atoms with E-state index in [9.17, 15) is 9.59 Å². The molecule has 0 amide bonds. The fourth-order valence-corrected chi connectivity index (χ4v) is 2.08. The van der Waals surface area contributed by atoms with Gasteiger partial charge in [-0.15, -0.1) is 0 Å². The monoisotopic (exact) mass is 322 g/mol. The molecule has 1 N–H and O–H groups in total. The maximum atomic E-state index is 11.3. The molecule has 0 aliphatic rings. The van der Waals surface area contributed by atoms with Crippen LogP contribution in [0.3, 0.4) is 0 Å². The molecule has 0 atom stereocenters. The molecule has 0 bridgehead atoms. The maximum absolute atomic E-state index is 11.3. The molecule has 22 heavy (non-hydrogen) atoms. The molecule has 0 saturated carbocycles. The SMILES string of the molecule is C=C(CC(=O)OCCCCCCCCCCCC)C(=O)O.[NaH]. The van der Waals surface area contributed by atoms with Crippen LogP contribution in [-0.2, 0) is 14.3 Å². The van der Waals surface area contributed by atoms with Crippen molar-refractivity contribution >= 4 is 41.5 Å². The van der Waals surface area contributed by atoms with Gasteiger partial charge in [0.05, 0.1) is 13.0 Å². The Kier molecular flexibility index (Phi) is 18.5. The standard InChI is InChI=1S/C17H30O4.Na.H/c1-3-4-5-6-7-8-9-10-11-12-13-21-16(18)14-15(2)17(19)20;;/h2-14H2,1H3,(H,19,20);;. The van der Waals surface area contributed by atoms with E-state index in [4.69, 9.17) is 9.84 Å². The van der Waals surface area contributed by atoms with Crippen LogP contribution in [0.2, 0.25) is 0 Å². The molecule has 5 heteroatoms. The first-order valence-electron chi connectivity index (χ1n) is 8.14. The van der Waals surface area contributed by atoms with Gasteiger partial charge in [-0.05, 0) is 6.42 Å². The van der Waals surface area contributed by atoms with Gasteiger partial charge in [0.1, 0.15) is 0 Å². The molecule has 0 rings (SSSR count). The van der Waals surface area contributed by atoms with E-state index in [1.165, 1.54) is 51.4 Å². The molecular formula is C17H31NaO4. The van der Waals surface area contributed by atoms with Crippen molar-refractivity contribution in [2.24, 2.45) is 0 Å². The number of unbranched alkanes of at least 4 members (excludes halogenated alkanes) is 9. The Morgan fingerprint density at radius 3 is 1.82 bits per heavy atom. The Labute approximate surface area is 157 Å². The van der Waals surface area contributed by atoms with Crippen LogP contribution >= 0.6 is 0 Å². The van der Waals surface area contributed by atoms with Crippen LogP contribution in [0.15, 0.2) is 12.2 Å². The van der Waals surface area contributed by atoms with Gasteiger partial charge in [0, 0.05) is 5.57 Å². The van der Waals surface area contributed by atoms with Crippen molar-refractivity contribution in [3.8, 4) is 0 Å². The molecule has 0 heterocycles. The number of rotatable bonds is 14. The Hall–Kier alpha value is -0.320. The van der Waals surface area contributed by atoms with Crippen molar-refractivity contribution in [3.05, 3.63) is 12.2 Å². The first-order valence-corrected chi connectivity index (χ1v) is 8.14. The van der Waals surface area contributed by atoms with Gasteiger partial charge in [-0.3, -0.25) is 4.79 Å². The van der Waals surface area contributed by atoms with E-state index in [1.807, 2.05) is 0 Å². The summed E-state index contributed by atoms with van der Waals surface area (Å²) < 4.78 is 4.97. The minimum absolute atomic E-state index is 0. The Balaban J connectivity index is 0. The molecule has 0 aliphatic carbocycles. The first kappa shape index (κ1) is 23.9. The third kappa shape index (κ3) is 16.1. The predicted octanol–water partition coefficient (Wildman–Crippen LogP) is 3.83. The number of hydrogen-bond donors (Lipinski definition) is 1. The zero-order valence-electron chi connectivity index (χ0n) is 13.4. The minimum atomic E-state index is -1.15. The zero-order chi connectivity index (χ0) is 15.9. The van der Waals surface area contributed by atoms with Gasteiger partial charge in [-0.1, -0.05) is 71.3 Å². The van der Waals surface area contributed by atoms with Crippen LogP contribution in [-0.4, -0.2) is 53.2 Å². The Bertz CT molecular complexity index is 316. The van der Waals surface area contributed by atoms with Crippen LogP contribution in [0.1, 0.15) is 77.6 Å². The van der Waals surface area contributed by atoms with Crippen molar-refractivity contribution in [1.82, 2.24) is 0 Å². The number of aliphatic carboxylic acids is 1. The summed E-state index contributed by atoms with van der Waals surface area (Å²) in [5, 5.41) is 8.58. The average Bonchev–Trinajstić information content (AvgIpc) is 2.44. The third-order valence-corrected chi connectivity index (χ3v) is 3.42. The van der Waals surface area contributed by atoms with E-state index in [2.05, 4.69) is 13.5 Å². The molecule has 0 aliphatic heterocycles. The molecule has 0 spiro atoms. The number of carbonyl (C=O) groups excluding carboxylic acids is 1. The van der Waals surface area contributed by atoms with Crippen LogP contribution in [0.4, 0.5) is 0 Å². The number of esters is 1. The predicted molar refractivity (Wildman–Crippen MR) is 91.3 cm³/mol. The number of carbonyl (C=O) groups is 2. The van der Waals surface area contributed by atoms with Gasteiger partial charge in [0.15, 0.2) is 0 Å². The summed E-state index contributed by atoms with van der Waals surface area (Å²) in [6.07, 6.45) is 12.1. The molecule has 4 nitrogen and oxygen atoms in total. The van der Waals surface area contributed by atoms with Gasteiger partial charge >= 0.3 is 41.5 Å². The Morgan fingerprint density at radius 2 is 1.36 bits per heavy atom. The van der Waals surface area contributed by atoms with Gasteiger partial charge in [0.2, 0.25) is 0 Å². The van der Waals surface area contributed by atoms with Crippen LogP contribution in [0, 0.1) is 0 Å². The number of carboxylic acid groups (broad SMARTS) is 1. The van der Waals surface area contributed by atoms with Crippen LogP contribution in [0.25, 0.3) is 0 Å². The normalized spacial score (nSPS) is 9.86. The van der Waals surface area contributed by atoms with Crippen molar-refractivity contribution in [2.75, 3.05) is 6.61 Å². The molecule has 0 saturated heterocycles. The second-order valence-corrected chi connectivity index (χ2v) is 5.49. The van der Waals surface area contributed by atoms with E-state index < -0.39 is 11.9 Å². The molecule has 0 aromatic heterocycles. The molecule has 0 aromatic rings. The van der Waals surface area contributed by atoms with E-state index in [-0.39, 0.29) is 41.6 Å². The van der Waals surface area contributed by atoms with Crippen LogP contribution in [0.5, 0.6) is 0 Å². The van der Waals surface area contributed by atoms with Gasteiger partial charge in [-0.2, -0.15) is 0 Å². The molecular weight excluding hydrogens is 291 g/mol. The fourth-order valence-electron chi connectivity index (χ4n) is 2.08. The van der Waals surface area contributed by atoms with E-state index in [0.717, 1.165) is 12.8 Å². The molecule has 0 unspecified atom stereocenters. The number of carboxylic acids is 1. The van der Waals surface area contributed by atoms with Crippen molar-refractivity contribution in [2.45, 2.75) is 77.6 Å². The molecule has 0 radical (unpaired) electrons. The third-order valence-electron chi connectivity index (χ3n) is 3.42. The quantitative estimate of drug-likeness (QED) is 0.228. The van der Waals surface area contributed by atoms with E-state index >= 15 is 0 Å². The zero-order valence-corrected chi connectivity index (χ0v) is 13.4. The van der Waals surface area contributed by atoms with Crippen molar-refractivity contribution < 1.29 is 19.4 Å². The van der Waals surface area contributed by atoms with Gasteiger partial charge in [-0.25, -0.2) is 4.79 Å². The average molecular weight is 322 g/mol. The van der Waals surface area contributed by atoms with Gasteiger partial charge in [0.25, 0.3) is 0 Å². The Morgan fingerprint density at radius 1 is 0.909 bits per heavy atom. The number of ether oxygens (including phenoxy) is 1. The summed E-state index contributed by atoms with van der Waals surface area (Å²) in [5.41, 5.74) is -0.122. The summed E-state index contributed by atoms with van der Waals surface area (Å²) in [5.74, 6) is -1.65. The molecule has 0 fully saturated rings. The topological polar surface area (TPSA) is 63.6 Å². The van der Waals surface area contributed by atoms with Crippen LogP contribution < -0.4 is 0 Å². The second kappa shape index (κ2) is 17.0. The summed E-state index contributed by atoms with van der Waals surface area (Å²) >= 11 is 0. The summed E-state index contributed by atoms with van der Waals surface area (Å²) in [7, 11) is 0. The summed E-state index contributed by atoms with van der Waals surface area (Å²) in [4.78, 5) is 21.8. The second-order valence-electron chi connectivity index (χ2n) is 5.49. The van der Waals surface area contributed by atoms with Crippen molar-refractivity contribution in [3.63, 3.8) is 0 Å². The molecule has 0 aromatic carbocycles. The summed E-state index contributed by atoms with van der Waals surface area (Å²) in [6, 6.07) is 0. The van der Waals surface area contributed by atoms with E-state index in [0.29, 0.717) is 6.61 Å². The summed E-state index contributed by atoms with van der Waals surface area (Å²) in [6.45, 7) is 5.90.